The second kappa shape index (κ2) is 6.23. The Kier molecular flexibility index (Phi) is 5.12. The second-order valence-corrected chi connectivity index (χ2v) is 5.81. The summed E-state index contributed by atoms with van der Waals surface area (Å²) in [7, 11) is -4.70. The Morgan fingerprint density at radius 1 is 1.25 bits per heavy atom. The third-order valence-corrected chi connectivity index (χ3v) is 4.24. The average Bonchev–Trinajstić information content (AvgIpc) is 2.25. The number of aliphatic carboxylic acids is 1. The van der Waals surface area contributed by atoms with Crippen LogP contribution in [0.1, 0.15) is 13.3 Å². The first-order valence-electron chi connectivity index (χ1n) is 5.56. The van der Waals surface area contributed by atoms with Crippen LogP contribution in [-0.2, 0) is 14.8 Å². The molecule has 0 aliphatic heterocycles. The molecular weight excluding hydrogens is 299 g/mol. The van der Waals surface area contributed by atoms with Gasteiger partial charge in [-0.05, 0) is 6.42 Å². The van der Waals surface area contributed by atoms with E-state index in [1.165, 1.54) is 0 Å². The maximum atomic E-state index is 13.5. The lowest BCUT2D eigenvalue weighted by Crippen LogP contribution is -2.37. The van der Waals surface area contributed by atoms with Crippen LogP contribution in [0.4, 0.5) is 13.2 Å². The van der Waals surface area contributed by atoms with Gasteiger partial charge >= 0.3 is 5.97 Å². The molecule has 1 rings (SSSR count). The van der Waals surface area contributed by atoms with Crippen molar-refractivity contribution >= 4 is 16.0 Å². The number of nitrogens with zero attached hydrogens (tertiary/aromatic N) is 1. The van der Waals surface area contributed by atoms with Gasteiger partial charge in [-0.15, -0.1) is 0 Å². The molecule has 0 amide bonds. The van der Waals surface area contributed by atoms with Crippen molar-refractivity contribution in [2.24, 2.45) is 0 Å². The molecule has 0 aliphatic carbocycles. The third-order valence-electron chi connectivity index (χ3n) is 2.35. The summed E-state index contributed by atoms with van der Waals surface area (Å²) in [4.78, 5) is 9.28. The molecule has 1 aromatic rings. The highest BCUT2D eigenvalue weighted by Crippen LogP contribution is 2.23. The summed E-state index contributed by atoms with van der Waals surface area (Å²) in [6.07, 6.45) is 0.247. The van der Waals surface area contributed by atoms with E-state index in [1.807, 2.05) is 0 Å². The molecular formula is C11H12F3NO4S. The largest absolute Gasteiger partial charge is 0.480 e. The van der Waals surface area contributed by atoms with Crippen molar-refractivity contribution in [3.05, 3.63) is 29.6 Å². The molecule has 20 heavy (non-hydrogen) atoms. The van der Waals surface area contributed by atoms with Crippen molar-refractivity contribution in [1.82, 2.24) is 4.31 Å². The number of benzene rings is 1. The number of carbonyl (C=O) groups is 1. The smallest absolute Gasteiger partial charge is 0.318 e. The molecule has 9 heteroatoms. The molecule has 0 atom stereocenters. The Labute approximate surface area is 113 Å². The Bertz CT molecular complexity index is 595. The molecule has 5 nitrogen and oxygen atoms in total. The molecule has 0 radical (unpaired) electrons. The maximum absolute atomic E-state index is 13.5. The highest BCUT2D eigenvalue weighted by Gasteiger charge is 2.32. The maximum Gasteiger partial charge on any atom is 0.318 e. The van der Waals surface area contributed by atoms with Crippen molar-refractivity contribution in [2.45, 2.75) is 18.2 Å². The first kappa shape index (κ1) is 16.4. The molecule has 112 valence electrons. The number of rotatable bonds is 6. The fourth-order valence-electron chi connectivity index (χ4n) is 1.59. The Morgan fingerprint density at radius 2 is 1.75 bits per heavy atom. The predicted octanol–water partition coefficient (Wildman–Crippen LogP) is 1.59. The SMILES string of the molecule is CCCN(CC(=O)O)S(=O)(=O)c1c(F)cc(F)cc1F. The lowest BCUT2D eigenvalue weighted by atomic mass is 10.3. The van der Waals surface area contributed by atoms with E-state index in [9.17, 15) is 26.4 Å². The fourth-order valence-corrected chi connectivity index (χ4v) is 3.16. The van der Waals surface area contributed by atoms with E-state index in [4.69, 9.17) is 5.11 Å². The molecule has 0 heterocycles. The van der Waals surface area contributed by atoms with Crippen LogP contribution in [0.15, 0.2) is 17.0 Å². The lowest BCUT2D eigenvalue weighted by molar-refractivity contribution is -0.137. The van der Waals surface area contributed by atoms with Gasteiger partial charge in [0.1, 0.15) is 24.0 Å². The highest BCUT2D eigenvalue weighted by atomic mass is 32.2. The Hall–Kier alpha value is -1.61. The highest BCUT2D eigenvalue weighted by molar-refractivity contribution is 7.89. The zero-order chi connectivity index (χ0) is 15.5. The molecule has 0 fully saturated rings. The standard InChI is InChI=1S/C11H12F3NO4S/c1-2-3-15(6-10(16)17)20(18,19)11-8(13)4-7(12)5-9(11)14/h4-5H,2-3,6H2,1H3,(H,16,17). The van der Waals surface area contributed by atoms with Crippen molar-refractivity contribution in [1.29, 1.82) is 0 Å². The van der Waals surface area contributed by atoms with E-state index in [1.54, 1.807) is 6.92 Å². The molecule has 0 bridgehead atoms. The topological polar surface area (TPSA) is 74.7 Å². The summed E-state index contributed by atoms with van der Waals surface area (Å²) in [6.45, 7) is 0.402. The van der Waals surface area contributed by atoms with E-state index >= 15 is 0 Å². The predicted molar refractivity (Wildman–Crippen MR) is 63.0 cm³/mol. The molecule has 0 aromatic heterocycles. The average molecular weight is 311 g/mol. The number of sulfonamides is 1. The van der Waals surface area contributed by atoms with Gasteiger partial charge in [0, 0.05) is 18.7 Å². The van der Waals surface area contributed by atoms with E-state index in [0.717, 1.165) is 0 Å². The van der Waals surface area contributed by atoms with Crippen LogP contribution in [0.2, 0.25) is 0 Å². The molecule has 0 saturated carbocycles. The lowest BCUT2D eigenvalue weighted by Gasteiger charge is -2.20. The quantitative estimate of drug-likeness (QED) is 0.866. The van der Waals surface area contributed by atoms with E-state index in [0.29, 0.717) is 4.31 Å². The van der Waals surface area contributed by atoms with Gasteiger partial charge in [-0.1, -0.05) is 6.92 Å². The normalized spacial score (nSPS) is 11.8. The summed E-state index contributed by atoms with van der Waals surface area (Å²) in [5.41, 5.74) is 0. The van der Waals surface area contributed by atoms with Gasteiger partial charge < -0.3 is 5.11 Å². The molecule has 1 aromatic carbocycles. The number of carboxylic acid groups (broad SMARTS) is 1. The third kappa shape index (κ3) is 3.48. The van der Waals surface area contributed by atoms with Crippen LogP contribution in [0, 0.1) is 17.5 Å². The van der Waals surface area contributed by atoms with Gasteiger partial charge in [0.2, 0.25) is 10.0 Å². The summed E-state index contributed by atoms with van der Waals surface area (Å²) < 4.78 is 64.4. The van der Waals surface area contributed by atoms with Crippen LogP contribution in [-0.4, -0.2) is 36.9 Å². The van der Waals surface area contributed by atoms with Gasteiger partial charge in [0.25, 0.3) is 0 Å². The van der Waals surface area contributed by atoms with Gasteiger partial charge in [0.15, 0.2) is 4.90 Å². The molecule has 0 unspecified atom stereocenters. The van der Waals surface area contributed by atoms with Crippen LogP contribution < -0.4 is 0 Å². The van der Waals surface area contributed by atoms with Crippen molar-refractivity contribution in [3.8, 4) is 0 Å². The molecule has 0 aliphatic rings. The first-order valence-corrected chi connectivity index (χ1v) is 7.00. The Balaban J connectivity index is 3.37. The van der Waals surface area contributed by atoms with E-state index < -0.39 is 44.9 Å². The van der Waals surface area contributed by atoms with Crippen LogP contribution in [0.25, 0.3) is 0 Å². The van der Waals surface area contributed by atoms with Crippen molar-refractivity contribution in [3.63, 3.8) is 0 Å². The van der Waals surface area contributed by atoms with E-state index in [-0.39, 0.29) is 25.1 Å². The molecule has 0 spiro atoms. The fraction of sp³-hybridized carbons (Fsp3) is 0.364. The summed E-state index contributed by atoms with van der Waals surface area (Å²) >= 11 is 0. The van der Waals surface area contributed by atoms with Gasteiger partial charge in [-0.3, -0.25) is 4.79 Å². The van der Waals surface area contributed by atoms with Crippen LogP contribution in [0.5, 0.6) is 0 Å². The number of halogens is 3. The molecule has 0 saturated heterocycles. The second-order valence-electron chi connectivity index (χ2n) is 3.93. The summed E-state index contributed by atoms with van der Waals surface area (Å²) in [6, 6.07) is 0.446. The zero-order valence-corrected chi connectivity index (χ0v) is 11.3. The van der Waals surface area contributed by atoms with Crippen LogP contribution >= 0.6 is 0 Å². The van der Waals surface area contributed by atoms with Gasteiger partial charge in [0.05, 0.1) is 0 Å². The monoisotopic (exact) mass is 311 g/mol. The molecule has 1 N–H and O–H groups in total. The minimum atomic E-state index is -4.70. The number of hydrogen-bond donors (Lipinski definition) is 1. The first-order chi connectivity index (χ1) is 9.20. The Morgan fingerprint density at radius 3 is 2.15 bits per heavy atom. The number of carboxylic acids is 1. The van der Waals surface area contributed by atoms with Gasteiger partial charge in [-0.25, -0.2) is 21.6 Å². The van der Waals surface area contributed by atoms with Crippen molar-refractivity contribution in [2.75, 3.05) is 13.1 Å². The van der Waals surface area contributed by atoms with Gasteiger partial charge in [-0.2, -0.15) is 4.31 Å². The van der Waals surface area contributed by atoms with E-state index in [2.05, 4.69) is 0 Å². The summed E-state index contributed by atoms with van der Waals surface area (Å²) in [5.74, 6) is -5.94. The number of hydrogen-bond acceptors (Lipinski definition) is 3. The summed E-state index contributed by atoms with van der Waals surface area (Å²) in [5, 5.41) is 8.65. The minimum Gasteiger partial charge on any atom is -0.480 e. The zero-order valence-electron chi connectivity index (χ0n) is 10.4. The minimum absolute atomic E-state index is 0.223. The van der Waals surface area contributed by atoms with Crippen molar-refractivity contribution < 1.29 is 31.5 Å². The van der Waals surface area contributed by atoms with Crippen LogP contribution in [0.3, 0.4) is 0 Å².